The third kappa shape index (κ3) is 4.61. The first-order chi connectivity index (χ1) is 13.5. The monoisotopic (exact) mass is 406 g/mol. The minimum atomic E-state index is -3.03. The molecule has 1 heterocycles. The fraction of sp³-hybridized carbons (Fsp3) is 0.158. The molecule has 0 spiro atoms. The Balaban J connectivity index is 1.90. The van der Waals surface area contributed by atoms with E-state index in [1.807, 2.05) is 30.3 Å². The zero-order chi connectivity index (χ0) is 20.1. The molecule has 1 saturated heterocycles. The Kier molecular flexibility index (Phi) is 6.15. The lowest BCUT2D eigenvalue weighted by molar-refractivity contribution is -0.115. The van der Waals surface area contributed by atoms with Gasteiger partial charge >= 0.3 is 6.61 Å². The first-order valence-corrected chi connectivity index (χ1v) is 8.87. The number of nitrogens with zero attached hydrogens (tertiary/aromatic N) is 1. The summed E-state index contributed by atoms with van der Waals surface area (Å²) in [5.74, 6) is -0.399. The van der Waals surface area contributed by atoms with E-state index in [2.05, 4.69) is 15.0 Å². The Morgan fingerprint density at radius 3 is 2.32 bits per heavy atom. The highest BCUT2D eigenvalue weighted by Crippen LogP contribution is 2.40. The number of ether oxygens (including phenoxy) is 3. The molecule has 2 aromatic carbocycles. The van der Waals surface area contributed by atoms with Crippen molar-refractivity contribution in [2.24, 2.45) is 4.99 Å². The summed E-state index contributed by atoms with van der Waals surface area (Å²) in [6.45, 7) is -3.03. The molecule has 1 N–H and O–H groups in total. The van der Waals surface area contributed by atoms with Crippen LogP contribution in [0.5, 0.6) is 17.2 Å². The molecule has 9 heteroatoms. The number of nitrogens with one attached hydrogen (secondary N) is 1. The van der Waals surface area contributed by atoms with Gasteiger partial charge in [-0.25, -0.2) is 4.99 Å². The van der Waals surface area contributed by atoms with Crippen molar-refractivity contribution < 1.29 is 27.8 Å². The quantitative estimate of drug-likeness (QED) is 0.729. The summed E-state index contributed by atoms with van der Waals surface area (Å²) in [7, 11) is 2.65. The molecule has 2 aromatic rings. The Labute approximate surface area is 164 Å². The number of amides is 1. The van der Waals surface area contributed by atoms with Crippen molar-refractivity contribution in [1.29, 1.82) is 0 Å². The van der Waals surface area contributed by atoms with Crippen LogP contribution in [0.3, 0.4) is 0 Å². The highest BCUT2D eigenvalue weighted by atomic mass is 32.2. The van der Waals surface area contributed by atoms with Gasteiger partial charge < -0.3 is 19.5 Å². The molecule has 1 aliphatic rings. The average Bonchev–Trinajstić information content (AvgIpc) is 3.01. The molecule has 6 nitrogen and oxygen atoms in total. The van der Waals surface area contributed by atoms with Gasteiger partial charge in [-0.3, -0.25) is 4.79 Å². The van der Waals surface area contributed by atoms with E-state index in [-0.39, 0.29) is 23.2 Å². The minimum absolute atomic E-state index is 0.0630. The fourth-order valence-corrected chi connectivity index (χ4v) is 3.28. The highest BCUT2D eigenvalue weighted by Gasteiger charge is 2.25. The first kappa shape index (κ1) is 19.7. The van der Waals surface area contributed by atoms with Crippen molar-refractivity contribution in [1.82, 2.24) is 5.32 Å². The van der Waals surface area contributed by atoms with Gasteiger partial charge in [0.05, 0.1) is 24.8 Å². The minimum Gasteiger partial charge on any atom is -0.493 e. The molecule has 28 heavy (non-hydrogen) atoms. The number of rotatable bonds is 6. The van der Waals surface area contributed by atoms with Crippen molar-refractivity contribution in [3.8, 4) is 17.2 Å². The van der Waals surface area contributed by atoms with Crippen LogP contribution >= 0.6 is 11.8 Å². The topological polar surface area (TPSA) is 69.2 Å². The van der Waals surface area contributed by atoms with E-state index in [0.29, 0.717) is 21.3 Å². The number of alkyl halides is 2. The van der Waals surface area contributed by atoms with Crippen molar-refractivity contribution in [3.05, 3.63) is 52.9 Å². The molecule has 146 valence electrons. The number of carbonyl (C=O) groups excluding carboxylic acids is 1. The van der Waals surface area contributed by atoms with Gasteiger partial charge in [0.25, 0.3) is 5.91 Å². The number of benzene rings is 2. The number of amidine groups is 1. The molecule has 0 saturated carbocycles. The Morgan fingerprint density at radius 2 is 1.75 bits per heavy atom. The van der Waals surface area contributed by atoms with Crippen LogP contribution < -0.4 is 19.5 Å². The normalized spacial score (nSPS) is 16.5. The molecule has 0 aliphatic carbocycles. The highest BCUT2D eigenvalue weighted by molar-refractivity contribution is 8.18. The maximum absolute atomic E-state index is 12.6. The van der Waals surface area contributed by atoms with Gasteiger partial charge in [0.1, 0.15) is 0 Å². The predicted octanol–water partition coefficient (Wildman–Crippen LogP) is 4.20. The van der Waals surface area contributed by atoms with Gasteiger partial charge in [-0.15, -0.1) is 0 Å². The number of thioether (sulfide) groups is 1. The van der Waals surface area contributed by atoms with E-state index in [4.69, 9.17) is 9.47 Å². The predicted molar refractivity (Wildman–Crippen MR) is 103 cm³/mol. The molecule has 0 bridgehead atoms. The van der Waals surface area contributed by atoms with Crippen LogP contribution in [-0.4, -0.2) is 31.9 Å². The van der Waals surface area contributed by atoms with E-state index in [9.17, 15) is 13.6 Å². The number of hydrogen-bond donors (Lipinski definition) is 1. The Hall–Kier alpha value is -3.07. The lowest BCUT2D eigenvalue weighted by Gasteiger charge is -2.14. The summed E-state index contributed by atoms with van der Waals surface area (Å²) in [5.41, 5.74) is 1.23. The van der Waals surface area contributed by atoms with E-state index in [1.165, 1.54) is 38.1 Å². The van der Waals surface area contributed by atoms with Gasteiger partial charge in [0.15, 0.2) is 16.7 Å². The van der Waals surface area contributed by atoms with Crippen LogP contribution in [0.25, 0.3) is 6.08 Å². The summed E-state index contributed by atoms with van der Waals surface area (Å²) in [5, 5.41) is 3.13. The van der Waals surface area contributed by atoms with Crippen molar-refractivity contribution in [2.75, 3.05) is 14.2 Å². The molecule has 0 unspecified atom stereocenters. The van der Waals surface area contributed by atoms with Crippen LogP contribution in [0.1, 0.15) is 5.56 Å². The zero-order valence-corrected chi connectivity index (χ0v) is 15.8. The number of carbonyl (C=O) groups is 1. The largest absolute Gasteiger partial charge is 0.493 e. The van der Waals surface area contributed by atoms with Gasteiger partial charge in [0.2, 0.25) is 5.75 Å². The van der Waals surface area contributed by atoms with E-state index >= 15 is 0 Å². The Bertz CT molecular complexity index is 908. The molecule has 1 aliphatic heterocycles. The summed E-state index contributed by atoms with van der Waals surface area (Å²) < 4.78 is 40.0. The van der Waals surface area contributed by atoms with E-state index in [1.54, 1.807) is 6.08 Å². The summed E-state index contributed by atoms with van der Waals surface area (Å²) in [6, 6.07) is 12.2. The second-order valence-corrected chi connectivity index (χ2v) is 6.48. The van der Waals surface area contributed by atoms with Crippen molar-refractivity contribution in [2.45, 2.75) is 6.61 Å². The summed E-state index contributed by atoms with van der Waals surface area (Å²) in [6.07, 6.45) is 1.59. The van der Waals surface area contributed by atoms with Gasteiger partial charge in [-0.05, 0) is 47.7 Å². The van der Waals surface area contributed by atoms with Crippen LogP contribution in [0, 0.1) is 0 Å². The first-order valence-electron chi connectivity index (χ1n) is 8.05. The SMILES string of the molecule is COc1cc(/C=C2\SC(=Nc3ccccc3)NC2=O)cc(OC)c1OC(F)F. The number of methoxy groups -OCH3 is 2. The molecule has 3 rings (SSSR count). The van der Waals surface area contributed by atoms with Crippen molar-refractivity contribution >= 4 is 34.6 Å². The van der Waals surface area contributed by atoms with Gasteiger partial charge in [-0.2, -0.15) is 8.78 Å². The van der Waals surface area contributed by atoms with E-state index < -0.39 is 6.61 Å². The molecule has 0 radical (unpaired) electrons. The second-order valence-electron chi connectivity index (χ2n) is 5.45. The second kappa shape index (κ2) is 8.75. The third-order valence-electron chi connectivity index (χ3n) is 3.63. The maximum atomic E-state index is 12.6. The van der Waals surface area contributed by atoms with Crippen molar-refractivity contribution in [3.63, 3.8) is 0 Å². The Morgan fingerprint density at radius 1 is 1.11 bits per heavy atom. The third-order valence-corrected chi connectivity index (χ3v) is 4.54. The smallest absolute Gasteiger partial charge is 0.387 e. The van der Waals surface area contributed by atoms with Crippen LogP contribution in [0.2, 0.25) is 0 Å². The molecular formula is C19H16F2N2O4S. The standard InChI is InChI=1S/C19H16F2N2O4S/c1-25-13-8-11(9-14(26-2)16(13)27-18(20)21)10-15-17(24)23-19(28-15)22-12-6-4-3-5-7-12/h3-10,18H,1-2H3,(H,22,23,24)/b15-10-. The number of halogens is 2. The van der Waals surface area contributed by atoms with Crippen LogP contribution in [0.4, 0.5) is 14.5 Å². The van der Waals surface area contributed by atoms with Crippen LogP contribution in [-0.2, 0) is 4.79 Å². The average molecular weight is 406 g/mol. The number of para-hydroxylation sites is 1. The van der Waals surface area contributed by atoms with E-state index in [0.717, 1.165) is 0 Å². The molecular weight excluding hydrogens is 390 g/mol. The lowest BCUT2D eigenvalue weighted by atomic mass is 10.1. The maximum Gasteiger partial charge on any atom is 0.387 e. The van der Waals surface area contributed by atoms with Gasteiger partial charge in [0, 0.05) is 0 Å². The number of aliphatic imine (C=N–C) groups is 1. The summed E-state index contributed by atoms with van der Waals surface area (Å²) >= 11 is 1.17. The summed E-state index contributed by atoms with van der Waals surface area (Å²) in [4.78, 5) is 17.0. The number of hydrogen-bond acceptors (Lipinski definition) is 6. The molecule has 0 aromatic heterocycles. The molecule has 1 fully saturated rings. The zero-order valence-electron chi connectivity index (χ0n) is 14.9. The van der Waals surface area contributed by atoms with Crippen LogP contribution in [0.15, 0.2) is 52.4 Å². The fourth-order valence-electron chi connectivity index (χ4n) is 2.44. The molecule has 1 amide bonds. The molecule has 0 atom stereocenters. The van der Waals surface area contributed by atoms with Gasteiger partial charge in [-0.1, -0.05) is 18.2 Å². The lowest BCUT2D eigenvalue weighted by Crippen LogP contribution is -2.19.